The minimum Gasteiger partial charge on any atom is -1.00 e. The summed E-state index contributed by atoms with van der Waals surface area (Å²) in [5, 5.41) is 12.4. The SMILES string of the molecule is CN(C)c1ccc(/N=N/C2=NC=N[N+]2(C)C)cc1.[Cl-]. The largest absolute Gasteiger partial charge is 1.00 e. The predicted octanol–water partition coefficient (Wildman–Crippen LogP) is -0.770. The summed E-state index contributed by atoms with van der Waals surface area (Å²) in [5.41, 5.74) is 1.93. The first-order valence-corrected chi connectivity index (χ1v) is 5.64. The van der Waals surface area contributed by atoms with Crippen molar-refractivity contribution in [1.82, 2.24) is 0 Å². The molecular formula is C12H17ClN6. The molecule has 0 unspecified atom stereocenters. The molecule has 0 bridgehead atoms. The zero-order chi connectivity index (χ0) is 13.2. The van der Waals surface area contributed by atoms with Gasteiger partial charge < -0.3 is 17.3 Å². The smallest absolute Gasteiger partial charge is 0.376 e. The summed E-state index contributed by atoms with van der Waals surface area (Å²) >= 11 is 0. The number of hydrogen-bond acceptors (Lipinski definition) is 5. The number of hydrogen-bond donors (Lipinski definition) is 0. The molecule has 0 spiro atoms. The van der Waals surface area contributed by atoms with Crippen molar-refractivity contribution in [2.75, 3.05) is 33.1 Å². The van der Waals surface area contributed by atoms with Gasteiger partial charge in [-0.1, -0.05) is 10.2 Å². The van der Waals surface area contributed by atoms with E-state index < -0.39 is 0 Å². The summed E-state index contributed by atoms with van der Waals surface area (Å²) < 4.78 is 0.277. The average molecular weight is 281 g/mol. The Hall–Kier alpha value is -1.79. The molecule has 7 heteroatoms. The van der Waals surface area contributed by atoms with Gasteiger partial charge >= 0.3 is 5.96 Å². The van der Waals surface area contributed by atoms with Crippen molar-refractivity contribution in [3.63, 3.8) is 0 Å². The average Bonchev–Trinajstić information content (AvgIpc) is 2.66. The van der Waals surface area contributed by atoms with Crippen molar-refractivity contribution in [2.24, 2.45) is 20.3 Å². The van der Waals surface area contributed by atoms with Crippen molar-refractivity contribution in [3.05, 3.63) is 24.3 Å². The van der Waals surface area contributed by atoms with E-state index in [0.29, 0.717) is 5.96 Å². The molecule has 1 aliphatic rings. The van der Waals surface area contributed by atoms with E-state index in [9.17, 15) is 0 Å². The van der Waals surface area contributed by atoms with Gasteiger partial charge in [-0.25, -0.2) is 0 Å². The third-order valence-corrected chi connectivity index (χ3v) is 2.62. The van der Waals surface area contributed by atoms with E-state index in [1.54, 1.807) is 0 Å². The second kappa shape index (κ2) is 5.90. The molecule has 0 atom stereocenters. The minimum absolute atomic E-state index is 0. The van der Waals surface area contributed by atoms with Gasteiger partial charge in [0.15, 0.2) is 6.34 Å². The molecule has 1 aliphatic heterocycles. The molecule has 0 amide bonds. The lowest BCUT2D eigenvalue weighted by molar-refractivity contribution is -0.804. The molecule has 0 fully saturated rings. The van der Waals surface area contributed by atoms with E-state index in [1.807, 2.05) is 57.4 Å². The number of halogens is 1. The lowest BCUT2D eigenvalue weighted by atomic mass is 10.3. The molecule has 1 aromatic rings. The Labute approximate surface area is 119 Å². The van der Waals surface area contributed by atoms with Crippen LogP contribution in [0.4, 0.5) is 11.4 Å². The van der Waals surface area contributed by atoms with Crippen molar-refractivity contribution < 1.29 is 17.0 Å². The first-order chi connectivity index (χ1) is 8.49. The fourth-order valence-electron chi connectivity index (χ4n) is 1.45. The van der Waals surface area contributed by atoms with Crippen molar-refractivity contribution in [3.8, 4) is 0 Å². The molecule has 0 aromatic heterocycles. The van der Waals surface area contributed by atoms with Gasteiger partial charge in [-0.15, -0.1) is 9.71 Å². The molecule has 1 heterocycles. The summed E-state index contributed by atoms with van der Waals surface area (Å²) in [7, 11) is 7.80. The number of guanidine groups is 1. The Bertz CT molecular complexity index is 516. The van der Waals surface area contributed by atoms with Crippen LogP contribution in [-0.4, -0.2) is 45.1 Å². The van der Waals surface area contributed by atoms with Crippen LogP contribution in [0.1, 0.15) is 0 Å². The summed E-state index contributed by atoms with van der Waals surface area (Å²) in [4.78, 5) is 6.12. The highest BCUT2D eigenvalue weighted by Gasteiger charge is 2.27. The standard InChI is InChI=1S/C12H17N6.ClH/c1-17(2)11-7-5-10(6-8-11)15-16-12-13-9-14-18(12,3)4;/h5-9H,1-4H3;1H/q+1;/p-1/b16-15+;. The Morgan fingerprint density at radius 2 is 1.68 bits per heavy atom. The molecular weight excluding hydrogens is 264 g/mol. The van der Waals surface area contributed by atoms with Crippen molar-refractivity contribution >= 4 is 23.7 Å². The number of nitrogens with zero attached hydrogens (tertiary/aromatic N) is 6. The molecule has 102 valence electrons. The number of rotatable bonds is 2. The molecule has 19 heavy (non-hydrogen) atoms. The molecule has 0 radical (unpaired) electrons. The third kappa shape index (κ3) is 3.59. The number of benzene rings is 1. The Balaban J connectivity index is 0.00000180. The highest BCUT2D eigenvalue weighted by Crippen LogP contribution is 2.19. The quantitative estimate of drug-likeness (QED) is 0.518. The van der Waals surface area contributed by atoms with Crippen LogP contribution < -0.4 is 17.3 Å². The first kappa shape index (κ1) is 15.3. The maximum absolute atomic E-state index is 4.16. The summed E-state index contributed by atoms with van der Waals surface area (Å²) in [6.45, 7) is 0. The molecule has 1 aromatic carbocycles. The molecule has 0 aliphatic carbocycles. The molecule has 0 saturated heterocycles. The van der Waals surface area contributed by atoms with Crippen LogP contribution in [0, 0.1) is 0 Å². The number of aliphatic imine (C=N–C) groups is 1. The van der Waals surface area contributed by atoms with E-state index in [-0.39, 0.29) is 17.0 Å². The molecule has 6 nitrogen and oxygen atoms in total. The van der Waals surface area contributed by atoms with Gasteiger partial charge in [-0.2, -0.15) is 4.99 Å². The van der Waals surface area contributed by atoms with Gasteiger partial charge in [0.2, 0.25) is 0 Å². The first-order valence-electron chi connectivity index (χ1n) is 5.64. The monoisotopic (exact) mass is 280 g/mol. The van der Waals surface area contributed by atoms with Gasteiger partial charge in [0.25, 0.3) is 0 Å². The van der Waals surface area contributed by atoms with Gasteiger partial charge in [0, 0.05) is 19.8 Å². The van der Waals surface area contributed by atoms with E-state index in [2.05, 4.69) is 20.3 Å². The van der Waals surface area contributed by atoms with Crippen LogP contribution in [0.15, 0.2) is 44.6 Å². The van der Waals surface area contributed by atoms with Crippen LogP contribution in [0.5, 0.6) is 0 Å². The van der Waals surface area contributed by atoms with Gasteiger partial charge in [-0.05, 0) is 24.3 Å². The lowest BCUT2D eigenvalue weighted by Gasteiger charge is -2.13. The van der Waals surface area contributed by atoms with Crippen LogP contribution in [0.2, 0.25) is 0 Å². The summed E-state index contributed by atoms with van der Waals surface area (Å²) in [6, 6.07) is 7.85. The minimum atomic E-state index is 0. The Morgan fingerprint density at radius 3 is 2.16 bits per heavy atom. The number of quaternary nitrogens is 1. The fourth-order valence-corrected chi connectivity index (χ4v) is 1.45. The zero-order valence-electron chi connectivity index (χ0n) is 11.4. The Morgan fingerprint density at radius 1 is 1.05 bits per heavy atom. The maximum atomic E-state index is 4.16. The van der Waals surface area contributed by atoms with Crippen molar-refractivity contribution in [1.29, 1.82) is 0 Å². The fraction of sp³-hybridized carbons (Fsp3) is 0.333. The molecule has 2 rings (SSSR count). The van der Waals surface area contributed by atoms with Gasteiger partial charge in [0.05, 0.1) is 5.69 Å². The second-order valence-electron chi connectivity index (χ2n) is 4.67. The predicted molar refractivity (Wildman–Crippen MR) is 73.3 cm³/mol. The van der Waals surface area contributed by atoms with Crippen molar-refractivity contribution in [2.45, 2.75) is 0 Å². The van der Waals surface area contributed by atoms with Crippen LogP contribution in [0.25, 0.3) is 0 Å². The lowest BCUT2D eigenvalue weighted by Crippen LogP contribution is -3.00. The van der Waals surface area contributed by atoms with Gasteiger partial charge in [0.1, 0.15) is 14.1 Å². The number of anilines is 1. The van der Waals surface area contributed by atoms with E-state index in [4.69, 9.17) is 0 Å². The van der Waals surface area contributed by atoms with E-state index >= 15 is 0 Å². The zero-order valence-corrected chi connectivity index (χ0v) is 12.2. The summed E-state index contributed by atoms with van der Waals surface area (Å²) in [5.74, 6) is 0.576. The topological polar surface area (TPSA) is 52.7 Å². The molecule has 0 saturated carbocycles. The number of azo groups is 1. The van der Waals surface area contributed by atoms with Gasteiger partial charge in [-0.3, -0.25) is 0 Å². The van der Waals surface area contributed by atoms with E-state index in [1.165, 1.54) is 6.34 Å². The van der Waals surface area contributed by atoms with Crippen LogP contribution in [0.3, 0.4) is 0 Å². The summed E-state index contributed by atoms with van der Waals surface area (Å²) in [6.07, 6.45) is 1.50. The van der Waals surface area contributed by atoms with Crippen LogP contribution in [-0.2, 0) is 0 Å². The normalized spacial score (nSPS) is 16.3. The van der Waals surface area contributed by atoms with E-state index in [0.717, 1.165) is 11.4 Å². The highest BCUT2D eigenvalue weighted by atomic mass is 35.5. The second-order valence-corrected chi connectivity index (χ2v) is 4.67. The van der Waals surface area contributed by atoms with Crippen LogP contribution >= 0.6 is 0 Å². The Kier molecular flexibility index (Phi) is 4.74. The third-order valence-electron chi connectivity index (χ3n) is 2.62. The highest BCUT2D eigenvalue weighted by molar-refractivity contribution is 5.85. The maximum Gasteiger partial charge on any atom is 0.376 e. The molecule has 0 N–H and O–H groups in total.